The number of nitro groups is 1. The highest BCUT2D eigenvalue weighted by Crippen LogP contribution is 2.35. The first-order chi connectivity index (χ1) is 12.7. The van der Waals surface area contributed by atoms with E-state index >= 15 is 0 Å². The molecule has 8 nitrogen and oxygen atoms in total. The Balaban J connectivity index is 1.97. The fourth-order valence-corrected chi connectivity index (χ4v) is 2.62. The van der Waals surface area contributed by atoms with Crippen LogP contribution in [0.25, 0.3) is 0 Å². The van der Waals surface area contributed by atoms with Gasteiger partial charge >= 0.3 is 5.69 Å². The van der Waals surface area contributed by atoms with Crippen LogP contribution in [-0.4, -0.2) is 26.4 Å². The van der Waals surface area contributed by atoms with Crippen molar-refractivity contribution >= 4 is 23.0 Å². The first-order valence-corrected chi connectivity index (χ1v) is 8.15. The number of aromatic nitrogens is 3. The van der Waals surface area contributed by atoms with Crippen LogP contribution in [0.3, 0.4) is 0 Å². The number of anilines is 3. The van der Waals surface area contributed by atoms with E-state index in [-0.39, 0.29) is 17.3 Å². The van der Waals surface area contributed by atoms with E-state index in [0.717, 1.165) is 11.3 Å². The highest BCUT2D eigenvalue weighted by Gasteiger charge is 2.27. The van der Waals surface area contributed by atoms with Crippen molar-refractivity contribution in [3.05, 3.63) is 76.9 Å². The Labute approximate surface area is 150 Å². The summed E-state index contributed by atoms with van der Waals surface area (Å²) < 4.78 is 0. The van der Waals surface area contributed by atoms with Gasteiger partial charge in [0.25, 0.3) is 0 Å². The molecule has 0 unspecified atom stereocenters. The van der Waals surface area contributed by atoms with Gasteiger partial charge in [0.15, 0.2) is 0 Å². The van der Waals surface area contributed by atoms with Gasteiger partial charge in [-0.1, -0.05) is 24.3 Å². The van der Waals surface area contributed by atoms with Crippen molar-refractivity contribution in [2.45, 2.75) is 13.5 Å². The van der Waals surface area contributed by atoms with Gasteiger partial charge in [-0.2, -0.15) is 0 Å². The third-order valence-electron chi connectivity index (χ3n) is 3.81. The maximum absolute atomic E-state index is 11.8. The monoisotopic (exact) mass is 350 g/mol. The average Bonchev–Trinajstić information content (AvgIpc) is 2.68. The summed E-state index contributed by atoms with van der Waals surface area (Å²) in [5.74, 6) is 0.436. The number of rotatable bonds is 7. The van der Waals surface area contributed by atoms with E-state index in [1.807, 2.05) is 49.4 Å². The van der Waals surface area contributed by atoms with Gasteiger partial charge in [-0.15, -0.1) is 0 Å². The minimum Gasteiger partial charge on any atom is -0.360 e. The maximum atomic E-state index is 11.8. The molecule has 132 valence electrons. The van der Waals surface area contributed by atoms with Gasteiger partial charge in [0.05, 0.1) is 4.92 Å². The number of pyridine rings is 1. The molecule has 0 aliphatic carbocycles. The summed E-state index contributed by atoms with van der Waals surface area (Å²) in [4.78, 5) is 25.4. The number of nitrogens with one attached hydrogen (secondary N) is 1. The predicted molar refractivity (Wildman–Crippen MR) is 99.4 cm³/mol. The Morgan fingerprint density at radius 3 is 2.62 bits per heavy atom. The van der Waals surface area contributed by atoms with Crippen molar-refractivity contribution in [2.24, 2.45) is 0 Å². The molecule has 0 radical (unpaired) electrons. The molecule has 2 aromatic heterocycles. The summed E-state index contributed by atoms with van der Waals surface area (Å²) in [5, 5.41) is 14.8. The van der Waals surface area contributed by atoms with Crippen molar-refractivity contribution < 1.29 is 4.92 Å². The first-order valence-electron chi connectivity index (χ1n) is 8.15. The predicted octanol–water partition coefficient (Wildman–Crippen LogP) is 3.55. The van der Waals surface area contributed by atoms with Crippen molar-refractivity contribution in [3.8, 4) is 0 Å². The molecule has 0 atom stereocenters. The Morgan fingerprint density at radius 2 is 1.96 bits per heavy atom. The van der Waals surface area contributed by atoms with Crippen LogP contribution in [0.2, 0.25) is 0 Å². The molecule has 1 aromatic carbocycles. The molecule has 3 rings (SSSR count). The molecule has 8 heteroatoms. The van der Waals surface area contributed by atoms with E-state index < -0.39 is 4.92 Å². The standard InChI is InChI=1S/C18H18N6O2/c1-2-23(15-8-4-3-5-9-15)18-16(24(25)26)17(21-13-22-18)20-12-14-7-6-10-19-11-14/h3-11,13H,2,12H2,1H3,(H,20,21,22). The summed E-state index contributed by atoms with van der Waals surface area (Å²) in [6.07, 6.45) is 4.70. The second-order valence-electron chi connectivity index (χ2n) is 5.45. The van der Waals surface area contributed by atoms with Crippen LogP contribution in [-0.2, 0) is 6.54 Å². The van der Waals surface area contributed by atoms with Crippen LogP contribution in [0.4, 0.5) is 23.0 Å². The number of hydrogen-bond acceptors (Lipinski definition) is 7. The molecule has 0 saturated heterocycles. The highest BCUT2D eigenvalue weighted by molar-refractivity contribution is 5.75. The largest absolute Gasteiger partial charge is 0.360 e. The Hall–Kier alpha value is -3.55. The average molecular weight is 350 g/mol. The minimum atomic E-state index is -0.452. The lowest BCUT2D eigenvalue weighted by molar-refractivity contribution is -0.383. The molecular weight excluding hydrogens is 332 g/mol. The van der Waals surface area contributed by atoms with Gasteiger partial charge in [0.1, 0.15) is 6.33 Å². The van der Waals surface area contributed by atoms with Gasteiger partial charge in [0.2, 0.25) is 11.6 Å². The zero-order valence-corrected chi connectivity index (χ0v) is 14.2. The highest BCUT2D eigenvalue weighted by atomic mass is 16.6. The van der Waals surface area contributed by atoms with Crippen LogP contribution in [0.15, 0.2) is 61.2 Å². The third kappa shape index (κ3) is 3.75. The lowest BCUT2D eigenvalue weighted by atomic mass is 10.2. The Bertz CT molecular complexity index is 873. The van der Waals surface area contributed by atoms with E-state index in [0.29, 0.717) is 13.1 Å². The number of benzene rings is 1. The molecule has 0 bridgehead atoms. The SMILES string of the molecule is CCN(c1ccccc1)c1ncnc(NCc2cccnc2)c1[N+](=O)[O-]. The van der Waals surface area contributed by atoms with E-state index in [9.17, 15) is 10.1 Å². The molecule has 26 heavy (non-hydrogen) atoms. The number of hydrogen-bond donors (Lipinski definition) is 1. The molecule has 0 saturated carbocycles. The quantitative estimate of drug-likeness (QED) is 0.514. The van der Waals surface area contributed by atoms with Crippen molar-refractivity contribution in [1.82, 2.24) is 15.0 Å². The van der Waals surface area contributed by atoms with E-state index in [4.69, 9.17) is 0 Å². The van der Waals surface area contributed by atoms with E-state index in [1.54, 1.807) is 17.3 Å². The molecule has 1 N–H and O–H groups in total. The van der Waals surface area contributed by atoms with Gasteiger partial charge in [-0.3, -0.25) is 15.1 Å². The van der Waals surface area contributed by atoms with Crippen molar-refractivity contribution in [3.63, 3.8) is 0 Å². The zero-order chi connectivity index (χ0) is 18.4. The van der Waals surface area contributed by atoms with Crippen LogP contribution in [0.5, 0.6) is 0 Å². The summed E-state index contributed by atoms with van der Waals surface area (Å²) in [6, 6.07) is 13.1. The van der Waals surface area contributed by atoms with Gasteiger partial charge in [-0.25, -0.2) is 9.97 Å². The third-order valence-corrected chi connectivity index (χ3v) is 3.81. The van der Waals surface area contributed by atoms with Gasteiger partial charge < -0.3 is 10.2 Å². The van der Waals surface area contributed by atoms with E-state index in [2.05, 4.69) is 20.3 Å². The molecule has 0 aliphatic heterocycles. The number of para-hydroxylation sites is 1. The van der Waals surface area contributed by atoms with E-state index in [1.165, 1.54) is 6.33 Å². The Morgan fingerprint density at radius 1 is 1.15 bits per heavy atom. The minimum absolute atomic E-state index is 0.151. The lowest BCUT2D eigenvalue weighted by Gasteiger charge is -2.22. The second kappa shape index (κ2) is 8.02. The molecule has 0 amide bonds. The lowest BCUT2D eigenvalue weighted by Crippen LogP contribution is -2.20. The van der Waals surface area contributed by atoms with Crippen molar-refractivity contribution in [1.29, 1.82) is 0 Å². The maximum Gasteiger partial charge on any atom is 0.353 e. The summed E-state index contributed by atoms with van der Waals surface area (Å²) >= 11 is 0. The summed E-state index contributed by atoms with van der Waals surface area (Å²) in [6.45, 7) is 2.83. The van der Waals surface area contributed by atoms with Gasteiger partial charge in [0, 0.05) is 31.2 Å². The molecule has 3 aromatic rings. The zero-order valence-electron chi connectivity index (χ0n) is 14.2. The molecule has 0 fully saturated rings. The summed E-state index contributed by atoms with van der Waals surface area (Å²) in [5.41, 5.74) is 1.58. The van der Waals surface area contributed by atoms with Crippen LogP contribution in [0.1, 0.15) is 12.5 Å². The van der Waals surface area contributed by atoms with Gasteiger partial charge in [-0.05, 0) is 30.7 Å². The summed E-state index contributed by atoms with van der Waals surface area (Å²) in [7, 11) is 0. The first kappa shape index (κ1) is 17.3. The molecule has 0 aliphatic rings. The second-order valence-corrected chi connectivity index (χ2v) is 5.45. The van der Waals surface area contributed by atoms with Crippen LogP contribution >= 0.6 is 0 Å². The fraction of sp³-hybridized carbons (Fsp3) is 0.167. The molecule has 0 spiro atoms. The van der Waals surface area contributed by atoms with Crippen LogP contribution in [0, 0.1) is 10.1 Å². The molecule has 2 heterocycles. The smallest absolute Gasteiger partial charge is 0.353 e. The topological polar surface area (TPSA) is 97.1 Å². The van der Waals surface area contributed by atoms with Crippen molar-refractivity contribution in [2.75, 3.05) is 16.8 Å². The Kier molecular flexibility index (Phi) is 5.33. The van der Waals surface area contributed by atoms with Crippen LogP contribution < -0.4 is 10.2 Å². The number of nitrogens with zero attached hydrogens (tertiary/aromatic N) is 5. The fourth-order valence-electron chi connectivity index (χ4n) is 2.62. The molecular formula is C18H18N6O2. The normalized spacial score (nSPS) is 10.3.